The summed E-state index contributed by atoms with van der Waals surface area (Å²) in [5.41, 5.74) is 0.0636. The molecule has 0 spiro atoms. The van der Waals surface area contributed by atoms with E-state index >= 15 is 0 Å². The van der Waals surface area contributed by atoms with Gasteiger partial charge in [-0.05, 0) is 49.2 Å². The van der Waals surface area contributed by atoms with Crippen molar-refractivity contribution in [3.8, 4) is 0 Å². The minimum Gasteiger partial charge on any atom is -0.355 e. The summed E-state index contributed by atoms with van der Waals surface area (Å²) in [6.07, 6.45) is 0.227. The average Bonchev–Trinajstić information content (AvgIpc) is 2.93. The summed E-state index contributed by atoms with van der Waals surface area (Å²) in [7, 11) is -4.36. The first-order chi connectivity index (χ1) is 19.0. The van der Waals surface area contributed by atoms with Crippen molar-refractivity contribution in [1.29, 1.82) is 0 Å². The Bertz CT molecular complexity index is 1490. The molecule has 212 valence electrons. The highest BCUT2D eigenvalue weighted by atomic mass is 35.5. The lowest BCUT2D eigenvalue weighted by molar-refractivity contribution is -0.384. The van der Waals surface area contributed by atoms with Crippen LogP contribution in [0.3, 0.4) is 0 Å². The molecule has 0 heterocycles. The fourth-order valence-corrected chi connectivity index (χ4v) is 5.95. The van der Waals surface area contributed by atoms with Crippen molar-refractivity contribution in [2.75, 3.05) is 17.4 Å². The van der Waals surface area contributed by atoms with Gasteiger partial charge in [0.1, 0.15) is 12.6 Å². The van der Waals surface area contributed by atoms with E-state index in [0.717, 1.165) is 10.4 Å². The Morgan fingerprint density at radius 1 is 1.00 bits per heavy atom. The van der Waals surface area contributed by atoms with Crippen LogP contribution in [-0.4, -0.2) is 49.2 Å². The average molecular weight is 608 g/mol. The Kier molecular flexibility index (Phi) is 10.5. The van der Waals surface area contributed by atoms with E-state index in [-0.39, 0.29) is 34.3 Å². The molecule has 0 bridgehead atoms. The van der Waals surface area contributed by atoms with Crippen molar-refractivity contribution in [3.05, 3.63) is 98.5 Å². The fourth-order valence-electron chi connectivity index (χ4n) is 4.06. The van der Waals surface area contributed by atoms with Gasteiger partial charge in [0, 0.05) is 35.3 Å². The first-order valence-corrected chi connectivity index (χ1v) is 14.5. The SMILES string of the molecule is CCNC(=O)[C@H](CC)N(Cc1ccc(Cl)cc1Cl)C(=O)CN(c1cccc([N+](=O)[O-])c1)S(=O)(=O)c1ccccc1. The zero-order chi connectivity index (χ0) is 29.4. The molecule has 0 saturated heterocycles. The van der Waals surface area contributed by atoms with Crippen molar-refractivity contribution in [1.82, 2.24) is 10.2 Å². The van der Waals surface area contributed by atoms with Crippen LogP contribution in [0.25, 0.3) is 0 Å². The molecule has 3 rings (SSSR count). The monoisotopic (exact) mass is 606 g/mol. The van der Waals surface area contributed by atoms with E-state index in [2.05, 4.69) is 5.32 Å². The first kappa shape index (κ1) is 30.9. The van der Waals surface area contributed by atoms with Gasteiger partial charge in [-0.2, -0.15) is 0 Å². The van der Waals surface area contributed by atoms with E-state index in [1.165, 1.54) is 53.4 Å². The normalized spacial score (nSPS) is 11.9. The van der Waals surface area contributed by atoms with Crippen molar-refractivity contribution >= 4 is 56.4 Å². The van der Waals surface area contributed by atoms with Crippen LogP contribution >= 0.6 is 23.2 Å². The van der Waals surface area contributed by atoms with Gasteiger partial charge in [0.05, 0.1) is 15.5 Å². The summed E-state index contributed by atoms with van der Waals surface area (Å²) >= 11 is 12.4. The maximum absolute atomic E-state index is 14.0. The zero-order valence-electron chi connectivity index (χ0n) is 21.8. The molecule has 3 aromatic rings. The van der Waals surface area contributed by atoms with Crippen molar-refractivity contribution in [3.63, 3.8) is 0 Å². The molecule has 0 aliphatic rings. The number of carbonyl (C=O) groups is 2. The number of non-ortho nitro benzene ring substituents is 1. The number of sulfonamides is 1. The number of likely N-dealkylation sites (N-methyl/N-ethyl adjacent to an activating group) is 1. The Hall–Kier alpha value is -3.67. The van der Waals surface area contributed by atoms with Gasteiger partial charge >= 0.3 is 0 Å². The van der Waals surface area contributed by atoms with Crippen LogP contribution in [0, 0.1) is 10.1 Å². The highest BCUT2D eigenvalue weighted by Gasteiger charge is 2.34. The smallest absolute Gasteiger partial charge is 0.271 e. The Balaban J connectivity index is 2.11. The number of hydrogen-bond acceptors (Lipinski definition) is 6. The first-order valence-electron chi connectivity index (χ1n) is 12.3. The number of carbonyl (C=O) groups excluding carboxylic acids is 2. The summed E-state index contributed by atoms with van der Waals surface area (Å²) in [6, 6.07) is 16.2. The van der Waals surface area contributed by atoms with Crippen LogP contribution in [0.15, 0.2) is 77.7 Å². The molecule has 13 heteroatoms. The second-order valence-corrected chi connectivity index (χ2v) is 11.4. The van der Waals surface area contributed by atoms with E-state index in [1.807, 2.05) is 0 Å². The van der Waals surface area contributed by atoms with E-state index in [4.69, 9.17) is 23.2 Å². The van der Waals surface area contributed by atoms with Crippen LogP contribution < -0.4 is 9.62 Å². The molecule has 1 N–H and O–H groups in total. The molecule has 0 unspecified atom stereocenters. The minimum absolute atomic E-state index is 0.0815. The summed E-state index contributed by atoms with van der Waals surface area (Å²) in [6.45, 7) is 2.94. The Morgan fingerprint density at radius 2 is 1.70 bits per heavy atom. The molecule has 10 nitrogen and oxygen atoms in total. The number of halogens is 2. The number of nitrogens with zero attached hydrogens (tertiary/aromatic N) is 3. The molecule has 0 fully saturated rings. The predicted octanol–water partition coefficient (Wildman–Crippen LogP) is 5.04. The lowest BCUT2D eigenvalue weighted by Gasteiger charge is -2.33. The maximum Gasteiger partial charge on any atom is 0.271 e. The van der Waals surface area contributed by atoms with Crippen LogP contribution in [-0.2, 0) is 26.2 Å². The van der Waals surface area contributed by atoms with Crippen LogP contribution in [0.5, 0.6) is 0 Å². The molecular formula is C27H28Cl2N4O6S. The lowest BCUT2D eigenvalue weighted by atomic mass is 10.1. The number of rotatable bonds is 12. The summed E-state index contributed by atoms with van der Waals surface area (Å²) in [5, 5.41) is 14.8. The Morgan fingerprint density at radius 3 is 2.30 bits per heavy atom. The van der Waals surface area contributed by atoms with Gasteiger partial charge in [-0.15, -0.1) is 0 Å². The molecule has 2 amide bonds. The van der Waals surface area contributed by atoms with Crippen molar-refractivity contribution < 1.29 is 22.9 Å². The fraction of sp³-hybridized carbons (Fsp3) is 0.259. The predicted molar refractivity (Wildman–Crippen MR) is 154 cm³/mol. The molecule has 3 aromatic carbocycles. The van der Waals surface area contributed by atoms with E-state index in [1.54, 1.807) is 32.0 Å². The molecule has 0 aliphatic carbocycles. The number of nitro benzene ring substituents is 1. The summed E-state index contributed by atoms with van der Waals surface area (Å²) in [5.74, 6) is -1.13. The molecule has 0 radical (unpaired) electrons. The van der Waals surface area contributed by atoms with E-state index < -0.39 is 39.3 Å². The van der Waals surface area contributed by atoms with E-state index in [9.17, 15) is 28.1 Å². The number of hydrogen-bond donors (Lipinski definition) is 1. The third kappa shape index (κ3) is 7.29. The number of amides is 2. The molecule has 40 heavy (non-hydrogen) atoms. The van der Waals surface area contributed by atoms with Gasteiger partial charge < -0.3 is 10.2 Å². The maximum atomic E-state index is 14.0. The topological polar surface area (TPSA) is 130 Å². The van der Waals surface area contributed by atoms with Gasteiger partial charge in [-0.3, -0.25) is 24.0 Å². The van der Waals surface area contributed by atoms with Gasteiger partial charge in [0.15, 0.2) is 0 Å². The van der Waals surface area contributed by atoms with Gasteiger partial charge in [-0.25, -0.2) is 8.42 Å². The highest BCUT2D eigenvalue weighted by molar-refractivity contribution is 7.92. The summed E-state index contributed by atoms with van der Waals surface area (Å²) in [4.78, 5) is 38.9. The number of nitro groups is 1. The zero-order valence-corrected chi connectivity index (χ0v) is 24.1. The Labute approximate surface area is 242 Å². The van der Waals surface area contributed by atoms with Crippen LogP contribution in [0.4, 0.5) is 11.4 Å². The third-order valence-electron chi connectivity index (χ3n) is 6.03. The van der Waals surface area contributed by atoms with Crippen molar-refractivity contribution in [2.45, 2.75) is 37.8 Å². The largest absolute Gasteiger partial charge is 0.355 e. The van der Waals surface area contributed by atoms with Crippen LogP contribution in [0.1, 0.15) is 25.8 Å². The van der Waals surface area contributed by atoms with Crippen LogP contribution in [0.2, 0.25) is 10.0 Å². The van der Waals surface area contributed by atoms with E-state index in [0.29, 0.717) is 17.1 Å². The lowest BCUT2D eigenvalue weighted by Crippen LogP contribution is -2.52. The number of anilines is 1. The number of nitrogens with one attached hydrogen (secondary N) is 1. The molecule has 1 atom stereocenters. The third-order valence-corrected chi connectivity index (χ3v) is 8.41. The minimum atomic E-state index is -4.36. The molecule has 0 aromatic heterocycles. The molecule has 0 aliphatic heterocycles. The quantitative estimate of drug-likeness (QED) is 0.227. The highest BCUT2D eigenvalue weighted by Crippen LogP contribution is 2.28. The van der Waals surface area contributed by atoms with Gasteiger partial charge in [0.2, 0.25) is 11.8 Å². The van der Waals surface area contributed by atoms with Gasteiger partial charge in [0.25, 0.3) is 15.7 Å². The molecular weight excluding hydrogens is 579 g/mol. The van der Waals surface area contributed by atoms with Crippen molar-refractivity contribution in [2.24, 2.45) is 0 Å². The second kappa shape index (κ2) is 13.6. The molecule has 0 saturated carbocycles. The standard InChI is InChI=1S/C27H28Cl2N4O6S/c1-3-25(27(35)30-4-2)31(17-19-13-14-20(28)15-24(19)29)26(34)18-32(21-9-8-10-22(16-21)33(36)37)40(38,39)23-11-6-5-7-12-23/h5-16,25H,3-4,17-18H2,1-2H3,(H,30,35)/t25-/m0/s1. The van der Waals surface area contributed by atoms with Gasteiger partial charge in [-0.1, -0.05) is 60.5 Å². The number of benzene rings is 3. The second-order valence-electron chi connectivity index (χ2n) is 8.68. The summed E-state index contributed by atoms with van der Waals surface area (Å²) < 4.78 is 28.3.